The van der Waals surface area contributed by atoms with Crippen LogP contribution in [-0.2, 0) is 0 Å². The minimum absolute atomic E-state index is 0.0265. The number of carbonyl (C=O) groups is 2. The number of benzene rings is 2. The number of fused-ring (bicyclic) bond motifs is 1. The van der Waals surface area contributed by atoms with E-state index in [-0.39, 0.29) is 28.6 Å². The van der Waals surface area contributed by atoms with Gasteiger partial charge < -0.3 is 4.42 Å². The Morgan fingerprint density at radius 2 is 1.64 bits per heavy atom. The molecule has 2 aromatic heterocycles. The lowest BCUT2D eigenvalue weighted by molar-refractivity contribution is 0.0823. The highest BCUT2D eigenvalue weighted by Crippen LogP contribution is 2.40. The van der Waals surface area contributed by atoms with Crippen molar-refractivity contribution in [3.8, 4) is 22.4 Å². The maximum atomic E-state index is 13.1. The van der Waals surface area contributed by atoms with Gasteiger partial charge >= 0.3 is 0 Å². The van der Waals surface area contributed by atoms with Crippen LogP contribution in [0, 0.1) is 5.41 Å². The van der Waals surface area contributed by atoms with Crippen LogP contribution in [0.5, 0.6) is 0 Å². The molecule has 0 fully saturated rings. The van der Waals surface area contributed by atoms with E-state index < -0.39 is 5.41 Å². The molecule has 168 valence electrons. The molecule has 7 heteroatoms. The molecule has 0 saturated heterocycles. The fraction of sp³-hybridized carbons (Fsp3) is 0.192. The van der Waals surface area contributed by atoms with Crippen LogP contribution in [0.3, 0.4) is 0 Å². The van der Waals surface area contributed by atoms with Crippen molar-refractivity contribution < 1.29 is 14.0 Å². The van der Waals surface area contributed by atoms with E-state index in [1.807, 2.05) is 30.3 Å². The number of hydrogen-bond acceptors (Lipinski definition) is 4. The Bertz CT molecular complexity index is 1420. The highest BCUT2D eigenvalue weighted by Gasteiger charge is 2.32. The van der Waals surface area contributed by atoms with Crippen molar-refractivity contribution in [2.45, 2.75) is 27.7 Å². The van der Waals surface area contributed by atoms with Gasteiger partial charge in [-0.25, -0.2) is 4.98 Å². The van der Waals surface area contributed by atoms with Crippen molar-refractivity contribution in [1.82, 2.24) is 4.98 Å². The summed E-state index contributed by atoms with van der Waals surface area (Å²) in [5, 5.41) is 1.58. The fourth-order valence-electron chi connectivity index (χ4n) is 3.61. The number of pyridine rings is 1. The number of Topliss-reactive ketones (excluding diaryl/α,β-unsaturated/α-hetero) is 2. The second-order valence-corrected chi connectivity index (χ2v) is 10.6. The average molecular weight is 545 g/mol. The Morgan fingerprint density at radius 3 is 2.21 bits per heavy atom. The van der Waals surface area contributed by atoms with Crippen LogP contribution in [-0.4, -0.2) is 16.6 Å². The van der Waals surface area contributed by atoms with Gasteiger partial charge in [0.25, 0.3) is 0 Å². The molecule has 2 aromatic carbocycles. The van der Waals surface area contributed by atoms with Crippen molar-refractivity contribution in [3.05, 3.63) is 74.4 Å². The minimum atomic E-state index is -0.727. The summed E-state index contributed by atoms with van der Waals surface area (Å²) in [7, 11) is 0. The number of aromatic nitrogens is 1. The molecule has 0 radical (unpaired) electrons. The van der Waals surface area contributed by atoms with Crippen molar-refractivity contribution in [2.75, 3.05) is 0 Å². The molecule has 0 unspecified atom stereocenters. The van der Waals surface area contributed by atoms with Gasteiger partial charge in [-0.05, 0) is 42.8 Å². The molecule has 0 spiro atoms. The third-order valence-corrected chi connectivity index (χ3v) is 6.32. The van der Waals surface area contributed by atoms with E-state index >= 15 is 0 Å². The van der Waals surface area contributed by atoms with Crippen LogP contribution in [0.4, 0.5) is 0 Å². The largest absolute Gasteiger partial charge is 0.434 e. The Hall–Kier alpha value is -2.47. The summed E-state index contributed by atoms with van der Waals surface area (Å²) in [5.74, 6) is -0.500. The first-order valence-electron chi connectivity index (χ1n) is 10.2. The van der Waals surface area contributed by atoms with Crippen molar-refractivity contribution in [3.63, 3.8) is 0 Å². The van der Waals surface area contributed by atoms with Crippen LogP contribution in [0.25, 0.3) is 33.5 Å². The third-order valence-electron chi connectivity index (χ3n) is 5.26. The molecule has 4 aromatic rings. The zero-order valence-corrected chi connectivity index (χ0v) is 21.5. The number of rotatable bonds is 4. The molecule has 0 atom stereocenters. The molecule has 0 saturated carbocycles. The van der Waals surface area contributed by atoms with E-state index in [0.717, 1.165) is 15.6 Å². The normalized spacial score (nSPS) is 11.7. The highest BCUT2D eigenvalue weighted by atomic mass is 79.9. The number of halogens is 3. The van der Waals surface area contributed by atoms with Gasteiger partial charge in [0.2, 0.25) is 11.5 Å². The van der Waals surface area contributed by atoms with Crippen molar-refractivity contribution in [1.29, 1.82) is 0 Å². The number of hydrogen-bond donors (Lipinski definition) is 0. The van der Waals surface area contributed by atoms with Crippen LogP contribution < -0.4 is 0 Å². The van der Waals surface area contributed by atoms with Gasteiger partial charge in [0, 0.05) is 26.0 Å². The molecular weight excluding hydrogens is 525 g/mol. The molecule has 0 amide bonds. The predicted octanol–water partition coefficient (Wildman–Crippen LogP) is 8.66. The smallest absolute Gasteiger partial charge is 0.228 e. The number of ketones is 2. The van der Waals surface area contributed by atoms with Crippen LogP contribution in [0.1, 0.15) is 48.6 Å². The van der Waals surface area contributed by atoms with Gasteiger partial charge in [-0.1, -0.05) is 78.1 Å². The standard InChI is InChI=1S/C26H20BrCl2NO3/c1-13(31)21-19-12-18(14-5-8-16(28)9-6-14)22(17-10-7-15(27)11-20(17)29)30-25(19)33-23(21)24(32)26(2,3)4/h5-12H,1-4H3. The topological polar surface area (TPSA) is 60.2 Å². The van der Waals surface area contributed by atoms with E-state index in [4.69, 9.17) is 32.6 Å². The first-order chi connectivity index (χ1) is 15.5. The predicted molar refractivity (Wildman–Crippen MR) is 136 cm³/mol. The maximum Gasteiger partial charge on any atom is 0.228 e. The lowest BCUT2D eigenvalue weighted by Gasteiger charge is -2.14. The van der Waals surface area contributed by atoms with E-state index in [9.17, 15) is 9.59 Å². The van der Waals surface area contributed by atoms with Crippen molar-refractivity contribution >= 4 is 61.8 Å². The van der Waals surface area contributed by atoms with E-state index in [1.54, 1.807) is 39.0 Å². The SMILES string of the molecule is CC(=O)c1c(C(=O)C(C)(C)C)oc2nc(-c3ccc(Br)cc3Cl)c(-c3ccc(Cl)cc3)cc12. The Kier molecular flexibility index (Phi) is 6.25. The quantitative estimate of drug-likeness (QED) is 0.241. The van der Waals surface area contributed by atoms with Gasteiger partial charge in [0.15, 0.2) is 11.5 Å². The fourth-order valence-corrected chi connectivity index (χ4v) is 4.50. The summed E-state index contributed by atoms with van der Waals surface area (Å²) >= 11 is 16.1. The summed E-state index contributed by atoms with van der Waals surface area (Å²) in [4.78, 5) is 30.5. The number of nitrogens with zero attached hydrogens (tertiary/aromatic N) is 1. The zero-order chi connectivity index (χ0) is 24.1. The molecular formula is C26H20BrCl2NO3. The van der Waals surface area contributed by atoms with Gasteiger partial charge in [-0.3, -0.25) is 9.59 Å². The lowest BCUT2D eigenvalue weighted by atomic mass is 9.87. The second-order valence-electron chi connectivity index (χ2n) is 8.81. The van der Waals surface area contributed by atoms with Crippen LogP contribution in [0.2, 0.25) is 10.0 Å². The molecule has 4 nitrogen and oxygen atoms in total. The Balaban J connectivity index is 2.09. The lowest BCUT2D eigenvalue weighted by Crippen LogP contribution is -2.21. The summed E-state index contributed by atoms with van der Waals surface area (Å²) in [6.07, 6.45) is 0. The van der Waals surface area contributed by atoms with Crippen LogP contribution >= 0.6 is 39.1 Å². The third kappa shape index (κ3) is 4.50. The number of carbonyl (C=O) groups excluding carboxylic acids is 2. The van der Waals surface area contributed by atoms with E-state index in [2.05, 4.69) is 15.9 Å². The highest BCUT2D eigenvalue weighted by molar-refractivity contribution is 9.10. The second kappa shape index (κ2) is 8.71. The van der Waals surface area contributed by atoms with Gasteiger partial charge in [0.1, 0.15) is 0 Å². The first kappa shape index (κ1) is 23.7. The van der Waals surface area contributed by atoms with Crippen molar-refractivity contribution in [2.24, 2.45) is 5.41 Å². The summed E-state index contributed by atoms with van der Waals surface area (Å²) in [6, 6.07) is 14.7. The molecule has 0 bridgehead atoms. The molecule has 0 N–H and O–H groups in total. The van der Waals surface area contributed by atoms with E-state index in [0.29, 0.717) is 26.7 Å². The first-order valence-corrected chi connectivity index (χ1v) is 11.8. The van der Waals surface area contributed by atoms with Gasteiger partial charge in [-0.15, -0.1) is 0 Å². The Labute approximate surface area is 210 Å². The molecule has 2 heterocycles. The zero-order valence-electron chi connectivity index (χ0n) is 18.4. The summed E-state index contributed by atoms with van der Waals surface area (Å²) < 4.78 is 6.76. The number of furan rings is 1. The molecule has 33 heavy (non-hydrogen) atoms. The molecule has 4 rings (SSSR count). The maximum absolute atomic E-state index is 13.1. The Morgan fingerprint density at radius 1 is 0.970 bits per heavy atom. The minimum Gasteiger partial charge on any atom is -0.434 e. The summed E-state index contributed by atoms with van der Waals surface area (Å²) in [6.45, 7) is 6.77. The van der Waals surface area contributed by atoms with Gasteiger partial charge in [-0.2, -0.15) is 0 Å². The monoisotopic (exact) mass is 543 g/mol. The summed E-state index contributed by atoms with van der Waals surface area (Å²) in [5.41, 5.74) is 2.55. The van der Waals surface area contributed by atoms with E-state index in [1.165, 1.54) is 6.92 Å². The average Bonchev–Trinajstić information content (AvgIpc) is 3.11. The molecule has 0 aliphatic rings. The molecule has 0 aliphatic carbocycles. The van der Waals surface area contributed by atoms with Gasteiger partial charge in [0.05, 0.1) is 21.7 Å². The molecule has 0 aliphatic heterocycles. The van der Waals surface area contributed by atoms with Crippen LogP contribution in [0.15, 0.2) is 57.4 Å².